The molecule has 0 amide bonds. The number of rotatable bonds is 0. The molecular formula is CCaFNa2O6P. The minimum absolute atomic E-state index is 0. The molecule has 0 atom stereocenters. The van der Waals surface area contributed by atoms with Gasteiger partial charge in [-0.25, -0.2) is 4.20 Å². The van der Waals surface area contributed by atoms with E-state index in [1.165, 1.54) is 0 Å². The van der Waals surface area contributed by atoms with Crippen molar-refractivity contribution in [1.82, 2.24) is 0 Å². The van der Waals surface area contributed by atoms with E-state index in [1.807, 2.05) is 0 Å². The van der Waals surface area contributed by atoms with Gasteiger partial charge in [-0.3, -0.25) is 0 Å². The van der Waals surface area contributed by atoms with E-state index < -0.39 is 14.1 Å². The molecule has 0 aliphatic heterocycles. The number of carboxylic acid groups (broad SMARTS) is 2. The van der Waals surface area contributed by atoms with Crippen LogP contribution >= 0.6 is 7.91 Å². The summed E-state index contributed by atoms with van der Waals surface area (Å²) >= 11 is 0. The molecule has 0 fully saturated rings. The van der Waals surface area contributed by atoms with E-state index in [0.29, 0.717) is 0 Å². The van der Waals surface area contributed by atoms with Gasteiger partial charge in [0.1, 0.15) is 7.91 Å². The molecule has 0 rings (SSSR count). The van der Waals surface area contributed by atoms with Crippen molar-refractivity contribution in [2.24, 2.45) is 0 Å². The summed E-state index contributed by atoms with van der Waals surface area (Å²) in [7, 11) is -5.64. The Hall–Kier alpha value is 2.61. The first-order valence-electron chi connectivity index (χ1n) is 1.33. The Morgan fingerprint density at radius 1 is 1.17 bits per heavy atom. The first kappa shape index (κ1) is 29.3. The molecule has 0 bridgehead atoms. The summed E-state index contributed by atoms with van der Waals surface area (Å²) in [5.74, 6) is 0. The zero-order valence-electron chi connectivity index (χ0n) is 6.48. The topological polar surface area (TPSA) is 126 Å². The normalized spacial score (nSPS) is 6.92. The molecule has 0 heterocycles. The minimum Gasteiger partial charge on any atom is -0.786 e. The maximum Gasteiger partial charge on any atom is 2.00 e. The van der Waals surface area contributed by atoms with Crippen LogP contribution < -0.4 is 79.1 Å². The van der Waals surface area contributed by atoms with Crippen molar-refractivity contribution in [3.8, 4) is 0 Å². The van der Waals surface area contributed by atoms with Crippen LogP contribution in [-0.2, 0) is 4.57 Å². The van der Waals surface area contributed by atoms with E-state index in [2.05, 4.69) is 0 Å². The Balaban J connectivity index is -0.0000000221. The SMILES string of the molecule is O=C([O-])[O-].O=P([O-])([O-])F.[Ca+2].[Na+].[Na+]. The fourth-order valence-corrected chi connectivity index (χ4v) is 0. The van der Waals surface area contributed by atoms with Crippen LogP contribution in [0.1, 0.15) is 0 Å². The summed E-state index contributed by atoms with van der Waals surface area (Å²) in [6.07, 6.45) is -2.33. The number of hydrogen-bond donors (Lipinski definition) is 0. The maximum absolute atomic E-state index is 10.1. The molecule has 12 heavy (non-hydrogen) atoms. The Morgan fingerprint density at radius 3 is 1.17 bits per heavy atom. The molecule has 0 aliphatic carbocycles. The Kier molecular flexibility index (Phi) is 39.2. The molecule has 0 unspecified atom stereocenters. The van der Waals surface area contributed by atoms with Gasteiger partial charge in [0.2, 0.25) is 0 Å². The van der Waals surface area contributed by atoms with Gasteiger partial charge >= 0.3 is 96.9 Å². The van der Waals surface area contributed by atoms with Crippen molar-refractivity contribution in [3.63, 3.8) is 0 Å². The zero-order valence-corrected chi connectivity index (χ0v) is 13.6. The summed E-state index contributed by atoms with van der Waals surface area (Å²) in [5.41, 5.74) is 0. The fraction of sp³-hybridized carbons (Fsp3) is 0. The van der Waals surface area contributed by atoms with Crippen LogP contribution in [-0.4, -0.2) is 43.9 Å². The Labute approximate surface area is 142 Å². The standard InChI is InChI=1S/CH2O3.Ca.FH2O3P.2Na/c2-1(3)4;;1-5(2,3)4;;/h(H2,2,3,4);;(H2,2,3,4);;/q;+2;;2*+1/p-4. The molecule has 56 valence electrons. The third kappa shape index (κ3) is 250. The second-order valence-corrected chi connectivity index (χ2v) is 1.54. The molecule has 0 aliphatic rings. The second-order valence-electron chi connectivity index (χ2n) is 0.681. The molecule has 0 saturated heterocycles. The van der Waals surface area contributed by atoms with Crippen LogP contribution in [0.4, 0.5) is 8.99 Å². The predicted octanol–water partition coefficient (Wildman–Crippen LogP) is -10.0. The van der Waals surface area contributed by atoms with Gasteiger partial charge < -0.3 is 29.4 Å². The van der Waals surface area contributed by atoms with Crippen molar-refractivity contribution in [3.05, 3.63) is 0 Å². The van der Waals surface area contributed by atoms with Crippen molar-refractivity contribution >= 4 is 51.8 Å². The minimum atomic E-state index is -5.64. The quantitative estimate of drug-likeness (QED) is 0.307. The third-order valence-corrected chi connectivity index (χ3v) is 0. The van der Waals surface area contributed by atoms with Crippen molar-refractivity contribution in [1.29, 1.82) is 0 Å². The molecule has 0 radical (unpaired) electrons. The molecule has 0 spiro atoms. The first-order valence-corrected chi connectivity index (χ1v) is 2.76. The van der Waals surface area contributed by atoms with Crippen molar-refractivity contribution in [2.45, 2.75) is 0 Å². The number of carbonyl (C=O) groups excluding carboxylic acids is 1. The fourth-order valence-electron chi connectivity index (χ4n) is 0. The zero-order chi connectivity index (χ0) is 8.08. The molecule has 11 heteroatoms. The molecule has 0 aromatic carbocycles. The Bertz CT molecular complexity index is 125. The van der Waals surface area contributed by atoms with Crippen molar-refractivity contribution < 1.29 is 92.7 Å². The van der Waals surface area contributed by atoms with E-state index in [-0.39, 0.29) is 96.9 Å². The molecular weight excluding hydrogens is 244 g/mol. The molecule has 0 aromatic heterocycles. The molecule has 6 nitrogen and oxygen atoms in total. The van der Waals surface area contributed by atoms with Crippen LogP contribution in [0.2, 0.25) is 0 Å². The molecule has 0 N–H and O–H groups in total. The average molecular weight is 244 g/mol. The van der Waals surface area contributed by atoms with Crippen molar-refractivity contribution in [2.75, 3.05) is 0 Å². The van der Waals surface area contributed by atoms with Gasteiger partial charge in [0.15, 0.2) is 0 Å². The predicted molar refractivity (Wildman–Crippen MR) is 19.9 cm³/mol. The largest absolute Gasteiger partial charge is 2.00 e. The van der Waals surface area contributed by atoms with E-state index in [4.69, 9.17) is 29.4 Å². The van der Waals surface area contributed by atoms with E-state index in [9.17, 15) is 4.20 Å². The van der Waals surface area contributed by atoms with Gasteiger partial charge in [-0.05, 0) is 6.16 Å². The monoisotopic (exact) mass is 244 g/mol. The summed E-state index contributed by atoms with van der Waals surface area (Å²) in [5, 5.41) is 16.7. The number of halogens is 1. The smallest absolute Gasteiger partial charge is 0.786 e. The van der Waals surface area contributed by atoms with Gasteiger partial charge in [0.05, 0.1) is 0 Å². The van der Waals surface area contributed by atoms with Crippen LogP contribution in [0.25, 0.3) is 0 Å². The van der Waals surface area contributed by atoms with Gasteiger partial charge in [0.25, 0.3) is 0 Å². The van der Waals surface area contributed by atoms with Gasteiger partial charge in [-0.2, -0.15) is 0 Å². The van der Waals surface area contributed by atoms with Gasteiger partial charge in [0, 0.05) is 0 Å². The van der Waals surface area contributed by atoms with Crippen LogP contribution in [0.15, 0.2) is 0 Å². The molecule has 0 saturated carbocycles. The van der Waals surface area contributed by atoms with Crippen LogP contribution in [0.5, 0.6) is 0 Å². The van der Waals surface area contributed by atoms with E-state index in [1.54, 1.807) is 0 Å². The van der Waals surface area contributed by atoms with Crippen LogP contribution in [0.3, 0.4) is 0 Å². The summed E-state index contributed by atoms with van der Waals surface area (Å²) in [6, 6.07) is 0. The third-order valence-electron chi connectivity index (χ3n) is 0. The second kappa shape index (κ2) is 16.1. The number of hydrogen-bond acceptors (Lipinski definition) is 6. The number of carbonyl (C=O) groups is 1. The average Bonchev–Trinajstić information content (AvgIpc) is 1.19. The summed E-state index contributed by atoms with van der Waals surface area (Å²) < 4.78 is 18.6. The van der Waals surface area contributed by atoms with Gasteiger partial charge in [-0.15, -0.1) is 0 Å². The van der Waals surface area contributed by atoms with E-state index in [0.717, 1.165) is 0 Å². The Morgan fingerprint density at radius 2 is 1.17 bits per heavy atom. The summed E-state index contributed by atoms with van der Waals surface area (Å²) in [6.45, 7) is 0. The van der Waals surface area contributed by atoms with E-state index >= 15 is 0 Å². The molecule has 0 aromatic rings. The maximum atomic E-state index is 10.1. The first-order chi connectivity index (χ1) is 3.73. The van der Waals surface area contributed by atoms with Gasteiger partial charge in [-0.1, -0.05) is 0 Å². The van der Waals surface area contributed by atoms with Crippen LogP contribution in [0, 0.1) is 0 Å². The summed E-state index contributed by atoms with van der Waals surface area (Å²) in [4.78, 5) is 25.2.